The van der Waals surface area contributed by atoms with Crippen LogP contribution in [-0.2, 0) is 6.61 Å². The number of hydrogen-bond acceptors (Lipinski definition) is 4. The summed E-state index contributed by atoms with van der Waals surface area (Å²) < 4.78 is 11.1. The number of hydrogen-bond donors (Lipinski definition) is 1. The lowest BCUT2D eigenvalue weighted by atomic mass is 10.1. The van der Waals surface area contributed by atoms with Gasteiger partial charge in [-0.15, -0.1) is 0 Å². The van der Waals surface area contributed by atoms with Crippen molar-refractivity contribution >= 4 is 23.7 Å². The predicted molar refractivity (Wildman–Crippen MR) is 105 cm³/mol. The minimum Gasteiger partial charge on any atom is -0.489 e. The van der Waals surface area contributed by atoms with Crippen LogP contribution in [0.1, 0.15) is 33.0 Å². The summed E-state index contributed by atoms with van der Waals surface area (Å²) in [4.78, 5) is 12.1. The van der Waals surface area contributed by atoms with Crippen LogP contribution in [0.2, 0.25) is 5.02 Å². The molecule has 138 valence electrons. The highest BCUT2D eigenvalue weighted by molar-refractivity contribution is 6.31. The second kappa shape index (κ2) is 8.56. The highest BCUT2D eigenvalue weighted by Crippen LogP contribution is 2.21. The number of amides is 1. The van der Waals surface area contributed by atoms with Gasteiger partial charge >= 0.3 is 0 Å². The molecular formula is C21H19ClN2O3. The van der Waals surface area contributed by atoms with Crippen molar-refractivity contribution in [3.63, 3.8) is 0 Å². The van der Waals surface area contributed by atoms with E-state index in [1.54, 1.807) is 18.2 Å². The highest BCUT2D eigenvalue weighted by atomic mass is 35.5. The van der Waals surface area contributed by atoms with Crippen molar-refractivity contribution < 1.29 is 13.9 Å². The van der Waals surface area contributed by atoms with Crippen molar-refractivity contribution in [2.24, 2.45) is 5.10 Å². The Labute approximate surface area is 162 Å². The lowest BCUT2D eigenvalue weighted by molar-refractivity contribution is 0.0955. The molecule has 0 saturated carbocycles. The number of carbonyl (C=O) groups excluding carboxylic acids is 1. The number of carbonyl (C=O) groups is 1. The normalized spacial score (nSPS) is 10.9. The minimum absolute atomic E-state index is 0.296. The molecule has 3 rings (SSSR count). The van der Waals surface area contributed by atoms with E-state index in [1.165, 1.54) is 6.21 Å². The lowest BCUT2D eigenvalue weighted by Gasteiger charge is -2.08. The van der Waals surface area contributed by atoms with Crippen LogP contribution >= 0.6 is 11.6 Å². The fourth-order valence-corrected chi connectivity index (χ4v) is 2.49. The zero-order valence-electron chi connectivity index (χ0n) is 15.0. The van der Waals surface area contributed by atoms with Gasteiger partial charge in [-0.1, -0.05) is 23.7 Å². The van der Waals surface area contributed by atoms with Gasteiger partial charge in [-0.2, -0.15) is 5.10 Å². The number of nitrogens with zero attached hydrogens (tertiary/aromatic N) is 1. The maximum absolute atomic E-state index is 12.1. The van der Waals surface area contributed by atoms with Gasteiger partial charge in [-0.05, 0) is 67.4 Å². The van der Waals surface area contributed by atoms with Crippen LogP contribution in [0.25, 0.3) is 0 Å². The number of halogens is 1. The molecule has 27 heavy (non-hydrogen) atoms. The Hall–Kier alpha value is -3.05. The number of rotatable bonds is 6. The maximum atomic E-state index is 12.1. The van der Waals surface area contributed by atoms with Crippen LogP contribution in [-0.4, -0.2) is 12.1 Å². The number of hydrazone groups is 1. The number of ether oxygens (including phenoxy) is 1. The fourth-order valence-electron chi connectivity index (χ4n) is 2.37. The molecule has 0 aliphatic carbocycles. The van der Waals surface area contributed by atoms with Crippen LogP contribution in [0.4, 0.5) is 0 Å². The molecule has 6 heteroatoms. The van der Waals surface area contributed by atoms with Gasteiger partial charge in [-0.25, -0.2) is 5.43 Å². The van der Waals surface area contributed by atoms with E-state index in [0.29, 0.717) is 23.0 Å². The monoisotopic (exact) mass is 382 g/mol. The van der Waals surface area contributed by atoms with Gasteiger partial charge in [0.15, 0.2) is 0 Å². The van der Waals surface area contributed by atoms with E-state index in [1.807, 2.05) is 50.2 Å². The molecule has 0 bridgehead atoms. The van der Waals surface area contributed by atoms with Crippen LogP contribution in [0.3, 0.4) is 0 Å². The van der Waals surface area contributed by atoms with Crippen LogP contribution in [0, 0.1) is 13.8 Å². The topological polar surface area (TPSA) is 63.8 Å². The molecule has 0 atom stereocenters. The van der Waals surface area contributed by atoms with Crippen molar-refractivity contribution in [1.82, 2.24) is 5.43 Å². The predicted octanol–water partition coefficient (Wildman–Crippen LogP) is 4.89. The summed E-state index contributed by atoms with van der Waals surface area (Å²) in [6.45, 7) is 4.17. The quantitative estimate of drug-likeness (QED) is 0.487. The van der Waals surface area contributed by atoms with Gasteiger partial charge in [0.1, 0.15) is 23.9 Å². The molecule has 0 radical (unpaired) electrons. The molecule has 5 nitrogen and oxygen atoms in total. The molecule has 0 aliphatic rings. The number of aryl methyl sites for hydroxylation is 2. The van der Waals surface area contributed by atoms with E-state index in [-0.39, 0.29) is 5.91 Å². The second-order valence-corrected chi connectivity index (χ2v) is 6.45. The molecule has 0 aliphatic heterocycles. The molecule has 3 aromatic rings. The summed E-state index contributed by atoms with van der Waals surface area (Å²) >= 11 is 6.01. The van der Waals surface area contributed by atoms with E-state index in [4.69, 9.17) is 20.8 Å². The summed E-state index contributed by atoms with van der Waals surface area (Å²) in [6, 6.07) is 16.3. The minimum atomic E-state index is -0.296. The van der Waals surface area contributed by atoms with Crippen molar-refractivity contribution in [2.45, 2.75) is 20.5 Å². The van der Waals surface area contributed by atoms with E-state index < -0.39 is 0 Å². The molecule has 0 saturated heterocycles. The third-order valence-electron chi connectivity index (χ3n) is 3.87. The molecule has 0 fully saturated rings. The van der Waals surface area contributed by atoms with Gasteiger partial charge in [0.25, 0.3) is 5.91 Å². The van der Waals surface area contributed by atoms with E-state index in [9.17, 15) is 4.79 Å². The number of furan rings is 1. The Morgan fingerprint density at radius 2 is 1.93 bits per heavy atom. The third kappa shape index (κ3) is 5.21. The summed E-state index contributed by atoms with van der Waals surface area (Å²) in [5.74, 6) is 1.82. The van der Waals surface area contributed by atoms with E-state index in [0.717, 1.165) is 22.6 Å². The first-order valence-corrected chi connectivity index (χ1v) is 8.77. The highest BCUT2D eigenvalue weighted by Gasteiger charge is 2.05. The average Bonchev–Trinajstić information content (AvgIpc) is 3.08. The molecule has 1 amide bonds. The van der Waals surface area contributed by atoms with Gasteiger partial charge < -0.3 is 9.15 Å². The Bertz CT molecular complexity index is 962. The number of nitrogens with one attached hydrogen (secondary N) is 1. The largest absolute Gasteiger partial charge is 0.489 e. The Balaban J connectivity index is 1.53. The third-order valence-corrected chi connectivity index (χ3v) is 4.29. The second-order valence-electron chi connectivity index (χ2n) is 6.04. The van der Waals surface area contributed by atoms with Crippen LogP contribution < -0.4 is 10.2 Å². The smallest absolute Gasteiger partial charge is 0.271 e. The molecule has 1 heterocycles. The van der Waals surface area contributed by atoms with Crippen LogP contribution in [0.5, 0.6) is 5.75 Å². The first-order chi connectivity index (χ1) is 13.0. The summed E-state index contributed by atoms with van der Waals surface area (Å²) in [7, 11) is 0. The molecule has 1 N–H and O–H groups in total. The summed E-state index contributed by atoms with van der Waals surface area (Å²) in [5, 5.41) is 4.60. The standard InChI is InChI=1S/C21H19ClN2O3/c1-14-11-18(9-10-20(14)22)26-13-16-4-6-17(7-5-16)21(25)24-23-12-19-8-3-15(2)27-19/h3-12H,13H2,1-2H3,(H,24,25)/b23-12-. The first-order valence-electron chi connectivity index (χ1n) is 8.39. The molecule has 0 unspecified atom stereocenters. The SMILES string of the molecule is Cc1ccc(/C=N\NC(=O)c2ccc(COc3ccc(Cl)c(C)c3)cc2)o1. The molecule has 1 aromatic heterocycles. The lowest BCUT2D eigenvalue weighted by Crippen LogP contribution is -2.17. The number of benzene rings is 2. The summed E-state index contributed by atoms with van der Waals surface area (Å²) in [6.07, 6.45) is 1.46. The Morgan fingerprint density at radius 3 is 2.59 bits per heavy atom. The van der Waals surface area contributed by atoms with Crippen molar-refractivity contribution in [3.8, 4) is 5.75 Å². The maximum Gasteiger partial charge on any atom is 0.271 e. The average molecular weight is 383 g/mol. The van der Waals surface area contributed by atoms with E-state index >= 15 is 0 Å². The van der Waals surface area contributed by atoms with Crippen molar-refractivity contribution in [3.05, 3.63) is 87.8 Å². The first kappa shape index (κ1) is 18.7. The molecule has 2 aromatic carbocycles. The van der Waals surface area contributed by atoms with Crippen molar-refractivity contribution in [1.29, 1.82) is 0 Å². The van der Waals surface area contributed by atoms with Crippen LogP contribution in [0.15, 0.2) is 64.1 Å². The van der Waals surface area contributed by atoms with Gasteiger partial charge in [0.2, 0.25) is 0 Å². The van der Waals surface area contributed by atoms with Gasteiger partial charge in [0.05, 0.1) is 6.21 Å². The molecule has 0 spiro atoms. The Kier molecular flexibility index (Phi) is 5.94. The Morgan fingerprint density at radius 1 is 1.15 bits per heavy atom. The zero-order valence-corrected chi connectivity index (χ0v) is 15.8. The fraction of sp³-hybridized carbons (Fsp3) is 0.143. The summed E-state index contributed by atoms with van der Waals surface area (Å²) in [5.41, 5.74) is 4.90. The molecular weight excluding hydrogens is 364 g/mol. The van der Waals surface area contributed by atoms with Gasteiger partial charge in [0, 0.05) is 10.6 Å². The zero-order chi connectivity index (χ0) is 19.2. The van der Waals surface area contributed by atoms with E-state index in [2.05, 4.69) is 10.5 Å². The van der Waals surface area contributed by atoms with Gasteiger partial charge in [-0.3, -0.25) is 4.79 Å². The van der Waals surface area contributed by atoms with Crippen molar-refractivity contribution in [2.75, 3.05) is 0 Å².